The Hall–Kier alpha value is -1.40. The van der Waals surface area contributed by atoms with Gasteiger partial charge in [-0.05, 0) is 43.8 Å². The molecule has 0 radical (unpaired) electrons. The Morgan fingerprint density at radius 1 is 1.52 bits per heavy atom. The van der Waals surface area contributed by atoms with E-state index >= 15 is 0 Å². The predicted molar refractivity (Wildman–Crippen MR) is 89.7 cm³/mol. The van der Waals surface area contributed by atoms with Gasteiger partial charge in [0.25, 0.3) is 0 Å². The van der Waals surface area contributed by atoms with Crippen LogP contribution in [0.5, 0.6) is 0 Å². The molecule has 1 aliphatic heterocycles. The van der Waals surface area contributed by atoms with E-state index in [0.717, 1.165) is 15.7 Å². The van der Waals surface area contributed by atoms with E-state index in [1.165, 1.54) is 0 Å². The maximum atomic E-state index is 12.3. The van der Waals surface area contributed by atoms with E-state index in [-0.39, 0.29) is 12.0 Å². The summed E-state index contributed by atoms with van der Waals surface area (Å²) in [5.41, 5.74) is 2.36. The maximum Gasteiger partial charge on any atom is 0.338 e. The summed E-state index contributed by atoms with van der Waals surface area (Å²) in [7, 11) is 1.83. The number of esters is 1. The summed E-state index contributed by atoms with van der Waals surface area (Å²) < 4.78 is 6.15. The van der Waals surface area contributed by atoms with Crippen LogP contribution in [0, 0.1) is 0 Å². The number of allylic oxidation sites excluding steroid dienone is 1. The van der Waals surface area contributed by atoms with E-state index in [4.69, 9.17) is 17.0 Å². The lowest BCUT2D eigenvalue weighted by Crippen LogP contribution is -2.46. The molecule has 0 amide bonds. The molecule has 112 valence electrons. The van der Waals surface area contributed by atoms with Crippen LogP contribution in [-0.2, 0) is 9.53 Å². The van der Waals surface area contributed by atoms with Gasteiger partial charge >= 0.3 is 5.97 Å². The highest BCUT2D eigenvalue weighted by atomic mass is 79.9. The fraction of sp³-hybridized carbons (Fsp3) is 0.333. The Labute approximate surface area is 138 Å². The van der Waals surface area contributed by atoms with Gasteiger partial charge in [-0.2, -0.15) is 0 Å². The van der Waals surface area contributed by atoms with Crippen LogP contribution >= 0.6 is 28.1 Å². The standard InChI is InChI=1S/C15H17BrN2O2S/c1-4-20-14(19)12-9(2)18(3)15(21)17-13(12)10-6-5-7-11(16)8-10/h5-8,13H,4H2,1-3H3,(H,17,21)/t13-/m0/s1. The number of thiocarbonyl (C=S) groups is 1. The first-order valence-electron chi connectivity index (χ1n) is 6.63. The van der Waals surface area contributed by atoms with Crippen LogP contribution in [-0.4, -0.2) is 29.6 Å². The zero-order valence-corrected chi connectivity index (χ0v) is 14.5. The van der Waals surface area contributed by atoms with Crippen molar-refractivity contribution in [3.8, 4) is 0 Å². The third kappa shape index (κ3) is 3.27. The minimum Gasteiger partial charge on any atom is -0.463 e. The molecule has 0 bridgehead atoms. The van der Waals surface area contributed by atoms with Gasteiger partial charge in [0.15, 0.2) is 5.11 Å². The molecule has 0 aromatic heterocycles. The number of nitrogens with one attached hydrogen (secondary N) is 1. The lowest BCUT2D eigenvalue weighted by Gasteiger charge is -2.35. The molecule has 0 saturated carbocycles. The summed E-state index contributed by atoms with van der Waals surface area (Å²) in [6.45, 7) is 4.02. The molecular weight excluding hydrogens is 352 g/mol. The van der Waals surface area contributed by atoms with Crippen LogP contribution in [0.3, 0.4) is 0 Å². The Bertz CT molecular complexity index is 615. The molecule has 1 aromatic carbocycles. The van der Waals surface area contributed by atoms with Gasteiger partial charge in [-0.25, -0.2) is 4.79 Å². The number of halogens is 1. The van der Waals surface area contributed by atoms with Crippen molar-refractivity contribution >= 4 is 39.2 Å². The van der Waals surface area contributed by atoms with Gasteiger partial charge < -0.3 is 15.0 Å². The van der Waals surface area contributed by atoms with E-state index in [1.807, 2.05) is 38.2 Å². The van der Waals surface area contributed by atoms with Crippen LogP contribution in [0.15, 0.2) is 40.0 Å². The van der Waals surface area contributed by atoms with Crippen LogP contribution in [0.1, 0.15) is 25.5 Å². The molecule has 0 aliphatic carbocycles. The minimum absolute atomic E-state index is 0.301. The average molecular weight is 369 g/mol. The topological polar surface area (TPSA) is 41.6 Å². The summed E-state index contributed by atoms with van der Waals surface area (Å²) in [6.07, 6.45) is 0. The van der Waals surface area contributed by atoms with Gasteiger partial charge in [0.2, 0.25) is 0 Å². The second kappa shape index (κ2) is 6.58. The molecule has 0 saturated heterocycles. The Balaban J connectivity index is 2.51. The Morgan fingerprint density at radius 2 is 2.24 bits per heavy atom. The van der Waals surface area contributed by atoms with Gasteiger partial charge in [0, 0.05) is 17.2 Å². The molecule has 1 aliphatic rings. The maximum absolute atomic E-state index is 12.3. The smallest absolute Gasteiger partial charge is 0.338 e. The summed E-state index contributed by atoms with van der Waals surface area (Å²) >= 11 is 8.79. The number of hydrogen-bond acceptors (Lipinski definition) is 3. The van der Waals surface area contributed by atoms with Crippen molar-refractivity contribution in [2.45, 2.75) is 19.9 Å². The first-order valence-corrected chi connectivity index (χ1v) is 7.83. The summed E-state index contributed by atoms with van der Waals surface area (Å²) in [6, 6.07) is 7.50. The highest BCUT2D eigenvalue weighted by molar-refractivity contribution is 9.10. The van der Waals surface area contributed by atoms with Crippen LogP contribution < -0.4 is 5.32 Å². The van der Waals surface area contributed by atoms with Crippen molar-refractivity contribution in [1.29, 1.82) is 0 Å². The third-order valence-corrected chi connectivity index (χ3v) is 4.32. The summed E-state index contributed by atoms with van der Waals surface area (Å²) in [5, 5.41) is 3.80. The monoisotopic (exact) mass is 368 g/mol. The minimum atomic E-state index is -0.318. The van der Waals surface area contributed by atoms with Crippen molar-refractivity contribution in [3.05, 3.63) is 45.6 Å². The van der Waals surface area contributed by atoms with Crippen LogP contribution in [0.25, 0.3) is 0 Å². The molecule has 1 aromatic rings. The zero-order valence-electron chi connectivity index (χ0n) is 12.1. The van der Waals surface area contributed by atoms with Crippen LogP contribution in [0.2, 0.25) is 0 Å². The van der Waals surface area contributed by atoms with E-state index in [1.54, 1.807) is 11.8 Å². The van der Waals surface area contributed by atoms with Gasteiger partial charge in [-0.1, -0.05) is 28.1 Å². The number of carbonyl (C=O) groups is 1. The molecule has 0 unspecified atom stereocenters. The molecule has 4 nitrogen and oxygen atoms in total. The number of ether oxygens (including phenoxy) is 1. The fourth-order valence-corrected chi connectivity index (χ4v) is 2.92. The Morgan fingerprint density at radius 3 is 2.86 bits per heavy atom. The normalized spacial score (nSPS) is 18.6. The van der Waals surface area contributed by atoms with Crippen LogP contribution in [0.4, 0.5) is 0 Å². The molecule has 0 fully saturated rings. The predicted octanol–water partition coefficient (Wildman–Crippen LogP) is 3.15. The lowest BCUT2D eigenvalue weighted by atomic mass is 9.95. The fourth-order valence-electron chi connectivity index (χ4n) is 2.24. The van der Waals surface area contributed by atoms with Gasteiger partial charge in [-0.3, -0.25) is 0 Å². The molecular formula is C15H17BrN2O2S. The largest absolute Gasteiger partial charge is 0.463 e. The molecule has 1 atom stereocenters. The SMILES string of the molecule is CCOC(=O)C1=C(C)N(C)C(=S)N[C@H]1c1cccc(Br)c1. The molecule has 1 N–H and O–H groups in total. The molecule has 2 rings (SSSR count). The molecule has 6 heteroatoms. The number of benzene rings is 1. The highest BCUT2D eigenvalue weighted by Gasteiger charge is 2.33. The quantitative estimate of drug-likeness (QED) is 0.655. The van der Waals surface area contributed by atoms with Crippen molar-refractivity contribution < 1.29 is 9.53 Å². The number of nitrogens with zero attached hydrogens (tertiary/aromatic N) is 1. The first kappa shape index (κ1) is 16.0. The second-order valence-electron chi connectivity index (χ2n) is 4.72. The second-order valence-corrected chi connectivity index (χ2v) is 6.02. The van der Waals surface area contributed by atoms with Gasteiger partial charge in [0.05, 0.1) is 18.2 Å². The van der Waals surface area contributed by atoms with Gasteiger partial charge in [0.1, 0.15) is 0 Å². The molecule has 1 heterocycles. The summed E-state index contributed by atoms with van der Waals surface area (Å²) in [5.74, 6) is -0.318. The van der Waals surface area contributed by atoms with E-state index < -0.39 is 0 Å². The molecule has 0 spiro atoms. The van der Waals surface area contributed by atoms with E-state index in [0.29, 0.717) is 17.3 Å². The van der Waals surface area contributed by atoms with Crippen molar-refractivity contribution in [1.82, 2.24) is 10.2 Å². The van der Waals surface area contributed by atoms with Crippen molar-refractivity contribution in [3.63, 3.8) is 0 Å². The summed E-state index contributed by atoms with van der Waals surface area (Å²) in [4.78, 5) is 14.1. The van der Waals surface area contributed by atoms with Gasteiger partial charge in [-0.15, -0.1) is 0 Å². The molecule has 21 heavy (non-hydrogen) atoms. The number of hydrogen-bond donors (Lipinski definition) is 1. The van der Waals surface area contributed by atoms with Crippen molar-refractivity contribution in [2.24, 2.45) is 0 Å². The Kier molecular flexibility index (Phi) is 5.00. The number of rotatable bonds is 3. The van der Waals surface area contributed by atoms with E-state index in [2.05, 4.69) is 21.2 Å². The van der Waals surface area contributed by atoms with E-state index in [9.17, 15) is 4.79 Å². The lowest BCUT2D eigenvalue weighted by molar-refractivity contribution is -0.139. The first-order chi connectivity index (χ1) is 9.95. The average Bonchev–Trinajstić information content (AvgIpc) is 2.44. The third-order valence-electron chi connectivity index (χ3n) is 3.43. The van der Waals surface area contributed by atoms with Crippen molar-refractivity contribution in [2.75, 3.05) is 13.7 Å². The zero-order chi connectivity index (χ0) is 15.6. The number of carbonyl (C=O) groups excluding carboxylic acids is 1. The highest BCUT2D eigenvalue weighted by Crippen LogP contribution is 2.31.